The number of carbonyl (C=O) groups excluding carboxylic acids is 2. The molecule has 0 aromatic heterocycles. The fraction of sp³-hybridized carbons (Fsp3) is 0.526. The lowest BCUT2D eigenvalue weighted by molar-refractivity contribution is -0.120. The number of amides is 2. The van der Waals surface area contributed by atoms with E-state index in [1.807, 2.05) is 13.8 Å². The van der Waals surface area contributed by atoms with Gasteiger partial charge in [-0.2, -0.15) is 0 Å². The van der Waals surface area contributed by atoms with Crippen LogP contribution in [-0.2, 0) is 14.4 Å². The second kappa shape index (κ2) is 10.8. The summed E-state index contributed by atoms with van der Waals surface area (Å²) in [6.45, 7) is 8.94. The third kappa shape index (κ3) is 10.0. The molecule has 1 rings (SSSR count). The van der Waals surface area contributed by atoms with Gasteiger partial charge in [0.15, 0.2) is 12.4 Å². The minimum absolute atomic E-state index is 0.0545. The summed E-state index contributed by atoms with van der Waals surface area (Å²) in [5.74, 6) is -0.111. The molecule has 4 N–H and O–H groups in total. The van der Waals surface area contributed by atoms with Crippen LogP contribution in [0, 0.1) is 5.92 Å². The van der Waals surface area contributed by atoms with E-state index in [1.54, 1.807) is 45.0 Å². The van der Waals surface area contributed by atoms with Crippen LogP contribution in [0.15, 0.2) is 29.4 Å². The number of ether oxygens (including phenoxy) is 1. The molecule has 0 saturated heterocycles. The summed E-state index contributed by atoms with van der Waals surface area (Å²) in [6.07, 6.45) is -0.0636. The number of hydrogen-bond donors (Lipinski definition) is 3. The maximum Gasteiger partial charge on any atom is 0.408 e. The van der Waals surface area contributed by atoms with Crippen molar-refractivity contribution in [3.8, 4) is 0 Å². The third-order valence-electron chi connectivity index (χ3n) is 3.25. The molecule has 1 atom stereocenters. The number of rotatable bonds is 8. The molecule has 1 unspecified atom stereocenters. The van der Waals surface area contributed by atoms with Gasteiger partial charge >= 0.3 is 6.09 Å². The molecule has 9 heteroatoms. The number of nitrogens with zero attached hydrogens (tertiary/aromatic N) is 1. The summed E-state index contributed by atoms with van der Waals surface area (Å²) in [5, 5.41) is 9.65. The van der Waals surface area contributed by atoms with Gasteiger partial charge in [0.25, 0.3) is 5.91 Å². The van der Waals surface area contributed by atoms with Crippen LogP contribution in [0.2, 0.25) is 5.02 Å². The predicted molar refractivity (Wildman–Crippen MR) is 110 cm³/mol. The Morgan fingerprint density at radius 3 is 2.36 bits per heavy atom. The van der Waals surface area contributed by atoms with Crippen LogP contribution in [0.1, 0.15) is 41.0 Å². The van der Waals surface area contributed by atoms with Crippen molar-refractivity contribution in [2.24, 2.45) is 16.8 Å². The van der Waals surface area contributed by atoms with Crippen LogP contribution in [0.3, 0.4) is 0 Å². The Kier molecular flexibility index (Phi) is 9.05. The van der Waals surface area contributed by atoms with E-state index in [1.165, 1.54) is 0 Å². The quantitative estimate of drug-likeness (QED) is 0.343. The van der Waals surface area contributed by atoms with Crippen molar-refractivity contribution in [1.82, 2.24) is 5.32 Å². The van der Waals surface area contributed by atoms with Crippen molar-refractivity contribution in [2.45, 2.75) is 52.7 Å². The Morgan fingerprint density at radius 1 is 1.21 bits per heavy atom. The molecule has 0 bridgehead atoms. The highest BCUT2D eigenvalue weighted by Gasteiger charge is 2.23. The van der Waals surface area contributed by atoms with Gasteiger partial charge in [-0.3, -0.25) is 4.79 Å². The number of amidine groups is 1. The Labute approximate surface area is 170 Å². The largest absolute Gasteiger partial charge is 0.444 e. The first-order chi connectivity index (χ1) is 13.0. The minimum atomic E-state index is -0.630. The van der Waals surface area contributed by atoms with Gasteiger partial charge in [0.2, 0.25) is 0 Å². The normalized spacial score (nSPS) is 13.0. The van der Waals surface area contributed by atoms with Gasteiger partial charge < -0.3 is 25.9 Å². The molecule has 28 heavy (non-hydrogen) atoms. The average molecular weight is 413 g/mol. The van der Waals surface area contributed by atoms with E-state index in [0.29, 0.717) is 17.1 Å². The standard InChI is InChI=1S/C19H29ClN4O4/c1-12(2)10-15(23-18(26)28-19(3,4)5)17(21)24-27-11-16(25)22-14-8-6-13(20)7-9-14/h6-9,12,15H,10-11H2,1-5H3,(H2,21,24)(H,22,25)(H,23,26). The Bertz CT molecular complexity index is 684. The van der Waals surface area contributed by atoms with Crippen molar-refractivity contribution in [3.63, 3.8) is 0 Å². The van der Waals surface area contributed by atoms with Gasteiger partial charge in [0.1, 0.15) is 5.60 Å². The molecule has 0 radical (unpaired) electrons. The fourth-order valence-corrected chi connectivity index (χ4v) is 2.26. The molecule has 1 aromatic rings. The number of benzene rings is 1. The number of oxime groups is 1. The van der Waals surface area contributed by atoms with Crippen molar-refractivity contribution in [2.75, 3.05) is 11.9 Å². The van der Waals surface area contributed by atoms with Gasteiger partial charge in [-0.05, 0) is 57.4 Å². The zero-order valence-corrected chi connectivity index (χ0v) is 17.7. The van der Waals surface area contributed by atoms with Crippen LogP contribution in [0.5, 0.6) is 0 Å². The van der Waals surface area contributed by atoms with Gasteiger partial charge in [-0.25, -0.2) is 4.79 Å². The molecule has 0 aliphatic heterocycles. The smallest absolute Gasteiger partial charge is 0.408 e. The third-order valence-corrected chi connectivity index (χ3v) is 3.50. The summed E-state index contributed by atoms with van der Waals surface area (Å²) >= 11 is 5.80. The molecule has 1 aromatic carbocycles. The van der Waals surface area contributed by atoms with Gasteiger partial charge in [0, 0.05) is 10.7 Å². The van der Waals surface area contributed by atoms with E-state index >= 15 is 0 Å². The van der Waals surface area contributed by atoms with Crippen LogP contribution >= 0.6 is 11.6 Å². The highest BCUT2D eigenvalue weighted by molar-refractivity contribution is 6.30. The molecular formula is C19H29ClN4O4. The van der Waals surface area contributed by atoms with Crippen LogP contribution in [-0.4, -0.2) is 36.1 Å². The number of anilines is 1. The fourth-order valence-electron chi connectivity index (χ4n) is 2.13. The summed E-state index contributed by atoms with van der Waals surface area (Å²) in [5.41, 5.74) is 5.89. The number of hydrogen-bond acceptors (Lipinski definition) is 5. The number of halogens is 1. The second-order valence-corrected chi connectivity index (χ2v) is 8.11. The summed E-state index contributed by atoms with van der Waals surface area (Å²) in [4.78, 5) is 28.9. The SMILES string of the molecule is CC(C)CC(NC(=O)OC(C)(C)C)/C(N)=N/OCC(=O)Nc1ccc(Cl)cc1. The summed E-state index contributed by atoms with van der Waals surface area (Å²) in [7, 11) is 0. The molecular weight excluding hydrogens is 384 g/mol. The first-order valence-corrected chi connectivity index (χ1v) is 9.34. The van der Waals surface area contributed by atoms with Crippen molar-refractivity contribution in [1.29, 1.82) is 0 Å². The van der Waals surface area contributed by atoms with Gasteiger partial charge in [-0.1, -0.05) is 30.6 Å². The molecule has 0 fully saturated rings. The second-order valence-electron chi connectivity index (χ2n) is 7.67. The molecule has 0 aliphatic carbocycles. The number of alkyl carbamates (subject to hydrolysis) is 1. The first kappa shape index (κ1) is 23.6. The van der Waals surface area contributed by atoms with E-state index in [4.69, 9.17) is 26.9 Å². The number of nitrogens with two attached hydrogens (primary N) is 1. The van der Waals surface area contributed by atoms with E-state index in [-0.39, 0.29) is 18.4 Å². The maximum atomic E-state index is 12.0. The molecule has 0 saturated carbocycles. The first-order valence-electron chi connectivity index (χ1n) is 8.96. The lowest BCUT2D eigenvalue weighted by atomic mass is 10.0. The summed E-state index contributed by atoms with van der Waals surface area (Å²) < 4.78 is 5.24. The molecule has 2 amide bonds. The zero-order chi connectivity index (χ0) is 21.3. The summed E-state index contributed by atoms with van der Waals surface area (Å²) in [6, 6.07) is 6.08. The Balaban J connectivity index is 2.60. The molecule has 0 aliphatic rings. The van der Waals surface area contributed by atoms with E-state index in [2.05, 4.69) is 15.8 Å². The van der Waals surface area contributed by atoms with Gasteiger partial charge in [0.05, 0.1) is 6.04 Å². The maximum absolute atomic E-state index is 12.0. The van der Waals surface area contributed by atoms with Crippen LogP contribution in [0.4, 0.5) is 10.5 Å². The van der Waals surface area contributed by atoms with Crippen LogP contribution in [0.25, 0.3) is 0 Å². The molecule has 8 nitrogen and oxygen atoms in total. The average Bonchev–Trinajstić information content (AvgIpc) is 2.54. The Morgan fingerprint density at radius 2 is 1.82 bits per heavy atom. The highest BCUT2D eigenvalue weighted by Crippen LogP contribution is 2.13. The lowest BCUT2D eigenvalue weighted by Gasteiger charge is -2.24. The molecule has 0 heterocycles. The van der Waals surface area contributed by atoms with Crippen molar-refractivity contribution in [3.05, 3.63) is 29.3 Å². The monoisotopic (exact) mass is 412 g/mol. The van der Waals surface area contributed by atoms with E-state index in [0.717, 1.165) is 0 Å². The highest BCUT2D eigenvalue weighted by atomic mass is 35.5. The van der Waals surface area contributed by atoms with Crippen molar-refractivity contribution >= 4 is 35.1 Å². The number of carbonyl (C=O) groups is 2. The van der Waals surface area contributed by atoms with Gasteiger partial charge in [-0.15, -0.1) is 0 Å². The predicted octanol–water partition coefficient (Wildman–Crippen LogP) is 3.51. The minimum Gasteiger partial charge on any atom is -0.444 e. The van der Waals surface area contributed by atoms with E-state index < -0.39 is 23.6 Å². The lowest BCUT2D eigenvalue weighted by Crippen LogP contribution is -2.47. The van der Waals surface area contributed by atoms with Crippen LogP contribution < -0.4 is 16.4 Å². The van der Waals surface area contributed by atoms with E-state index in [9.17, 15) is 9.59 Å². The van der Waals surface area contributed by atoms with Crippen molar-refractivity contribution < 1.29 is 19.2 Å². The zero-order valence-electron chi connectivity index (χ0n) is 16.9. The Hall–Kier alpha value is -2.48. The molecule has 0 spiro atoms. The molecule has 156 valence electrons. The topological polar surface area (TPSA) is 115 Å². The number of nitrogens with one attached hydrogen (secondary N) is 2.